The van der Waals surface area contributed by atoms with E-state index in [2.05, 4.69) is 13.8 Å². The second kappa shape index (κ2) is 15.0. The van der Waals surface area contributed by atoms with Gasteiger partial charge in [-0.1, -0.05) is 136 Å². The Balaban J connectivity index is 1.71. The molecule has 0 aromatic heterocycles. The summed E-state index contributed by atoms with van der Waals surface area (Å²) in [5.41, 5.74) is 0. The van der Waals surface area contributed by atoms with E-state index in [1.165, 1.54) is 89.9 Å². The van der Waals surface area contributed by atoms with Gasteiger partial charge < -0.3 is 0 Å². The minimum atomic E-state index is 1.04. The maximum Gasteiger partial charge on any atom is -0.0357 e. The molecule has 0 saturated heterocycles. The summed E-state index contributed by atoms with van der Waals surface area (Å²) in [6, 6.07) is 0. The van der Waals surface area contributed by atoms with Crippen LogP contribution in [0.25, 0.3) is 0 Å². The van der Waals surface area contributed by atoms with Gasteiger partial charge in [-0.3, -0.25) is 0 Å². The highest BCUT2D eigenvalue weighted by molar-refractivity contribution is 4.86. The molecule has 3 aliphatic rings. The highest BCUT2D eigenvalue weighted by atomic mass is 14.4. The van der Waals surface area contributed by atoms with Gasteiger partial charge in [0, 0.05) is 0 Å². The van der Waals surface area contributed by atoms with Crippen molar-refractivity contribution in [1.29, 1.82) is 0 Å². The Kier molecular flexibility index (Phi) is 12.4. The maximum absolute atomic E-state index is 2.52. The molecule has 0 radical (unpaired) electrons. The summed E-state index contributed by atoms with van der Waals surface area (Å²) in [7, 11) is 0. The Labute approximate surface area is 197 Å². The summed E-state index contributed by atoms with van der Waals surface area (Å²) >= 11 is 0. The maximum atomic E-state index is 2.52. The van der Waals surface area contributed by atoms with Crippen molar-refractivity contribution in [2.24, 2.45) is 35.5 Å². The molecule has 182 valence electrons. The number of hydrogen-bond acceptors (Lipinski definition) is 0. The smallest absolute Gasteiger partial charge is 0.0357 e. The van der Waals surface area contributed by atoms with Crippen LogP contribution in [-0.2, 0) is 0 Å². The standard InChI is InChI=1S/C31H58/c1-3-5-12-17-26-22-23-28-19-14-9-6-10-15-20-29(25-30(28)24-26)31-21-16-11-7-8-13-18-27(31)4-2/h26-31H,3-25H2,1-2H3. The molecule has 0 bridgehead atoms. The second-order valence-corrected chi connectivity index (χ2v) is 12.2. The van der Waals surface area contributed by atoms with E-state index in [9.17, 15) is 0 Å². The molecule has 31 heavy (non-hydrogen) atoms. The fourth-order valence-corrected chi connectivity index (χ4v) is 8.17. The average Bonchev–Trinajstić information content (AvgIpc) is 2.87. The van der Waals surface area contributed by atoms with Crippen LogP contribution in [0.4, 0.5) is 0 Å². The molecule has 3 aliphatic carbocycles. The summed E-state index contributed by atoms with van der Waals surface area (Å²) in [6.45, 7) is 4.89. The lowest BCUT2D eigenvalue weighted by atomic mass is 9.64. The first-order valence-corrected chi connectivity index (χ1v) is 15.3. The molecular weight excluding hydrogens is 372 g/mol. The second-order valence-electron chi connectivity index (χ2n) is 12.2. The first-order chi connectivity index (χ1) is 15.3. The molecule has 6 atom stereocenters. The van der Waals surface area contributed by atoms with Crippen molar-refractivity contribution in [3.8, 4) is 0 Å². The van der Waals surface area contributed by atoms with Crippen LogP contribution < -0.4 is 0 Å². The van der Waals surface area contributed by atoms with Gasteiger partial charge in [0.25, 0.3) is 0 Å². The van der Waals surface area contributed by atoms with Gasteiger partial charge in [0.05, 0.1) is 0 Å². The van der Waals surface area contributed by atoms with E-state index >= 15 is 0 Å². The minimum Gasteiger partial charge on any atom is -0.0654 e. The quantitative estimate of drug-likeness (QED) is 0.367. The van der Waals surface area contributed by atoms with Crippen molar-refractivity contribution in [3.63, 3.8) is 0 Å². The molecule has 3 fully saturated rings. The van der Waals surface area contributed by atoms with Crippen LogP contribution >= 0.6 is 0 Å². The summed E-state index contributed by atoms with van der Waals surface area (Å²) in [5.74, 6) is 6.39. The molecule has 0 amide bonds. The molecule has 0 heteroatoms. The Hall–Kier alpha value is 0. The summed E-state index contributed by atoms with van der Waals surface area (Å²) in [5, 5.41) is 0. The molecule has 6 unspecified atom stereocenters. The van der Waals surface area contributed by atoms with Crippen LogP contribution in [-0.4, -0.2) is 0 Å². The van der Waals surface area contributed by atoms with E-state index < -0.39 is 0 Å². The van der Waals surface area contributed by atoms with Crippen molar-refractivity contribution in [1.82, 2.24) is 0 Å². The highest BCUT2D eigenvalue weighted by Crippen LogP contribution is 2.47. The molecular formula is C31H58. The van der Waals surface area contributed by atoms with Crippen molar-refractivity contribution in [2.75, 3.05) is 0 Å². The summed E-state index contributed by atoms with van der Waals surface area (Å²) < 4.78 is 0. The van der Waals surface area contributed by atoms with Crippen molar-refractivity contribution >= 4 is 0 Å². The van der Waals surface area contributed by atoms with Crippen molar-refractivity contribution in [3.05, 3.63) is 0 Å². The Morgan fingerprint density at radius 2 is 1.16 bits per heavy atom. The van der Waals surface area contributed by atoms with E-state index in [4.69, 9.17) is 0 Å². The average molecular weight is 431 g/mol. The highest BCUT2D eigenvalue weighted by Gasteiger charge is 2.35. The lowest BCUT2D eigenvalue weighted by molar-refractivity contribution is 0.0926. The fraction of sp³-hybridized carbons (Fsp3) is 1.00. The first kappa shape index (κ1) is 25.6. The lowest BCUT2D eigenvalue weighted by Gasteiger charge is -2.41. The number of unbranched alkanes of at least 4 members (excludes halogenated alkanes) is 2. The van der Waals surface area contributed by atoms with Gasteiger partial charge in [-0.2, -0.15) is 0 Å². The number of rotatable bonds is 6. The fourth-order valence-electron chi connectivity index (χ4n) is 8.17. The third kappa shape index (κ3) is 8.70. The largest absolute Gasteiger partial charge is 0.0654 e. The Bertz CT molecular complexity index is 439. The third-order valence-electron chi connectivity index (χ3n) is 10.1. The van der Waals surface area contributed by atoms with Crippen LogP contribution in [0.3, 0.4) is 0 Å². The Morgan fingerprint density at radius 1 is 0.516 bits per heavy atom. The van der Waals surface area contributed by atoms with Crippen molar-refractivity contribution in [2.45, 2.75) is 162 Å². The van der Waals surface area contributed by atoms with E-state index in [0.29, 0.717) is 0 Å². The molecule has 0 aromatic carbocycles. The van der Waals surface area contributed by atoms with Crippen LogP contribution in [0, 0.1) is 35.5 Å². The van der Waals surface area contributed by atoms with Crippen LogP contribution in [0.1, 0.15) is 162 Å². The van der Waals surface area contributed by atoms with Crippen LogP contribution in [0.2, 0.25) is 0 Å². The van der Waals surface area contributed by atoms with E-state index in [1.807, 2.05) is 0 Å². The number of hydrogen-bond donors (Lipinski definition) is 0. The van der Waals surface area contributed by atoms with Gasteiger partial charge in [0.2, 0.25) is 0 Å². The molecule has 0 spiro atoms. The predicted molar refractivity (Wildman–Crippen MR) is 138 cm³/mol. The van der Waals surface area contributed by atoms with E-state index in [1.54, 1.807) is 57.8 Å². The first-order valence-electron chi connectivity index (χ1n) is 15.3. The monoisotopic (exact) mass is 430 g/mol. The zero-order valence-corrected chi connectivity index (χ0v) is 21.7. The predicted octanol–water partition coefficient (Wildman–Crippen LogP) is 10.7. The van der Waals surface area contributed by atoms with Gasteiger partial charge >= 0.3 is 0 Å². The third-order valence-corrected chi connectivity index (χ3v) is 10.1. The summed E-state index contributed by atoms with van der Waals surface area (Å²) in [6.07, 6.45) is 35.2. The van der Waals surface area contributed by atoms with E-state index in [-0.39, 0.29) is 0 Å². The topological polar surface area (TPSA) is 0 Å². The van der Waals surface area contributed by atoms with Gasteiger partial charge in [0.1, 0.15) is 0 Å². The molecule has 0 nitrogen and oxygen atoms in total. The van der Waals surface area contributed by atoms with Gasteiger partial charge in [-0.05, 0) is 61.2 Å². The lowest BCUT2D eigenvalue weighted by Crippen LogP contribution is -2.31. The summed E-state index contributed by atoms with van der Waals surface area (Å²) in [4.78, 5) is 0. The SMILES string of the molecule is CCCCCC1CCC2CCCCCCCC(C3CCCCCCCC3CC)CC2C1. The molecule has 0 N–H and O–H groups in total. The van der Waals surface area contributed by atoms with Crippen LogP contribution in [0.15, 0.2) is 0 Å². The van der Waals surface area contributed by atoms with Gasteiger partial charge in [-0.15, -0.1) is 0 Å². The van der Waals surface area contributed by atoms with Gasteiger partial charge in [-0.25, -0.2) is 0 Å². The van der Waals surface area contributed by atoms with Gasteiger partial charge in [0.15, 0.2) is 0 Å². The van der Waals surface area contributed by atoms with Crippen LogP contribution in [0.5, 0.6) is 0 Å². The Morgan fingerprint density at radius 3 is 1.87 bits per heavy atom. The van der Waals surface area contributed by atoms with Crippen molar-refractivity contribution < 1.29 is 0 Å². The molecule has 0 aliphatic heterocycles. The molecule has 3 rings (SSSR count). The van der Waals surface area contributed by atoms with E-state index in [0.717, 1.165) is 35.5 Å². The zero-order chi connectivity index (χ0) is 21.7. The number of fused-ring (bicyclic) bond motifs is 1. The molecule has 0 heterocycles. The molecule has 0 aromatic rings. The molecule has 3 saturated carbocycles. The normalized spacial score (nSPS) is 37.0. The zero-order valence-electron chi connectivity index (χ0n) is 21.7. The minimum absolute atomic E-state index is 1.04.